The molecule has 1 aliphatic heterocycles. The van der Waals surface area contributed by atoms with Gasteiger partial charge < -0.3 is 15.6 Å². The van der Waals surface area contributed by atoms with Crippen molar-refractivity contribution in [1.29, 1.82) is 0 Å². The standard InChI is InChI=1S/C13H18ClNO2/c14-10-1-2-11(12(15)8-10)13(16)7-9-3-5-17-6-4-9/h1-2,8-9,13,16H,3-7,15H2. The summed E-state index contributed by atoms with van der Waals surface area (Å²) in [5.41, 5.74) is 7.20. The molecule has 3 N–H and O–H groups in total. The maximum Gasteiger partial charge on any atom is 0.0812 e. The largest absolute Gasteiger partial charge is 0.398 e. The minimum Gasteiger partial charge on any atom is -0.398 e. The molecule has 3 nitrogen and oxygen atoms in total. The summed E-state index contributed by atoms with van der Waals surface area (Å²) >= 11 is 5.84. The Balaban J connectivity index is 2.00. The number of aliphatic hydroxyl groups is 1. The number of hydrogen-bond donors (Lipinski definition) is 2. The van der Waals surface area contributed by atoms with Gasteiger partial charge in [-0.1, -0.05) is 17.7 Å². The molecule has 0 aliphatic carbocycles. The highest BCUT2D eigenvalue weighted by Crippen LogP contribution is 2.31. The number of benzene rings is 1. The molecule has 0 saturated carbocycles. The molecule has 0 aromatic heterocycles. The van der Waals surface area contributed by atoms with Crippen molar-refractivity contribution in [3.05, 3.63) is 28.8 Å². The Morgan fingerprint density at radius 1 is 1.41 bits per heavy atom. The van der Waals surface area contributed by atoms with Crippen LogP contribution in [-0.4, -0.2) is 18.3 Å². The second-order valence-electron chi connectivity index (χ2n) is 4.58. The number of halogens is 1. The van der Waals surface area contributed by atoms with E-state index in [-0.39, 0.29) is 0 Å². The molecule has 0 amide bonds. The van der Waals surface area contributed by atoms with E-state index in [9.17, 15) is 5.11 Å². The van der Waals surface area contributed by atoms with Crippen LogP contribution in [0.2, 0.25) is 5.02 Å². The molecule has 0 radical (unpaired) electrons. The van der Waals surface area contributed by atoms with Gasteiger partial charge in [-0.25, -0.2) is 0 Å². The molecule has 1 atom stereocenters. The highest BCUT2D eigenvalue weighted by Gasteiger charge is 2.20. The minimum atomic E-state index is -0.504. The van der Waals surface area contributed by atoms with Crippen LogP contribution >= 0.6 is 11.6 Å². The van der Waals surface area contributed by atoms with Crippen LogP contribution in [0.25, 0.3) is 0 Å². The molecular weight excluding hydrogens is 238 g/mol. The van der Waals surface area contributed by atoms with Crippen LogP contribution < -0.4 is 5.73 Å². The lowest BCUT2D eigenvalue weighted by Gasteiger charge is -2.24. The van der Waals surface area contributed by atoms with Crippen molar-refractivity contribution < 1.29 is 9.84 Å². The Labute approximate surface area is 107 Å². The van der Waals surface area contributed by atoms with Gasteiger partial charge in [0.15, 0.2) is 0 Å². The third kappa shape index (κ3) is 3.35. The van der Waals surface area contributed by atoms with Gasteiger partial charge in [0.25, 0.3) is 0 Å². The first-order chi connectivity index (χ1) is 8.16. The first-order valence-electron chi connectivity index (χ1n) is 5.97. The highest BCUT2D eigenvalue weighted by molar-refractivity contribution is 6.30. The summed E-state index contributed by atoms with van der Waals surface area (Å²) in [7, 11) is 0. The molecule has 4 heteroatoms. The average Bonchev–Trinajstić information content (AvgIpc) is 2.30. The van der Waals surface area contributed by atoms with Gasteiger partial charge in [0, 0.05) is 29.5 Å². The molecule has 2 rings (SSSR count). The van der Waals surface area contributed by atoms with Crippen molar-refractivity contribution in [3.63, 3.8) is 0 Å². The van der Waals surface area contributed by atoms with Gasteiger partial charge in [-0.2, -0.15) is 0 Å². The Morgan fingerprint density at radius 3 is 2.76 bits per heavy atom. The number of hydrogen-bond acceptors (Lipinski definition) is 3. The van der Waals surface area contributed by atoms with E-state index in [1.165, 1.54) is 0 Å². The van der Waals surface area contributed by atoms with E-state index in [0.29, 0.717) is 16.6 Å². The van der Waals surface area contributed by atoms with Gasteiger partial charge in [0.05, 0.1) is 6.10 Å². The number of nitrogens with two attached hydrogens (primary N) is 1. The first kappa shape index (κ1) is 12.7. The van der Waals surface area contributed by atoms with E-state index in [4.69, 9.17) is 22.1 Å². The van der Waals surface area contributed by atoms with Crippen molar-refractivity contribution in [1.82, 2.24) is 0 Å². The monoisotopic (exact) mass is 255 g/mol. The average molecular weight is 256 g/mol. The fourth-order valence-corrected chi connectivity index (χ4v) is 2.45. The van der Waals surface area contributed by atoms with Gasteiger partial charge >= 0.3 is 0 Å². The summed E-state index contributed by atoms with van der Waals surface area (Å²) in [6, 6.07) is 5.26. The molecule has 1 fully saturated rings. The van der Waals surface area contributed by atoms with Crippen LogP contribution in [0.15, 0.2) is 18.2 Å². The maximum atomic E-state index is 10.2. The zero-order valence-electron chi connectivity index (χ0n) is 9.73. The zero-order valence-corrected chi connectivity index (χ0v) is 10.5. The third-order valence-electron chi connectivity index (χ3n) is 3.31. The summed E-state index contributed by atoms with van der Waals surface area (Å²) < 4.78 is 5.30. The summed E-state index contributed by atoms with van der Waals surface area (Å²) in [5.74, 6) is 0.522. The molecule has 1 aliphatic rings. The Bertz CT molecular complexity index is 378. The van der Waals surface area contributed by atoms with E-state index >= 15 is 0 Å². The number of nitrogen functional groups attached to an aromatic ring is 1. The quantitative estimate of drug-likeness (QED) is 0.817. The maximum absolute atomic E-state index is 10.2. The van der Waals surface area contributed by atoms with Gasteiger partial charge in [-0.15, -0.1) is 0 Å². The zero-order chi connectivity index (χ0) is 12.3. The van der Waals surface area contributed by atoms with Crippen molar-refractivity contribution in [2.24, 2.45) is 5.92 Å². The van der Waals surface area contributed by atoms with Crippen LogP contribution in [0.1, 0.15) is 30.9 Å². The lowest BCUT2D eigenvalue weighted by atomic mass is 9.90. The smallest absolute Gasteiger partial charge is 0.0812 e. The van der Waals surface area contributed by atoms with Crippen LogP contribution in [0, 0.1) is 5.92 Å². The SMILES string of the molecule is Nc1cc(Cl)ccc1C(O)CC1CCOCC1. The molecule has 0 bridgehead atoms. The summed E-state index contributed by atoms with van der Waals surface area (Å²) in [6.07, 6.45) is 2.28. The highest BCUT2D eigenvalue weighted by atomic mass is 35.5. The molecule has 17 heavy (non-hydrogen) atoms. The minimum absolute atomic E-state index is 0.504. The van der Waals surface area contributed by atoms with Crippen LogP contribution in [0.3, 0.4) is 0 Å². The van der Waals surface area contributed by atoms with Crippen LogP contribution in [0.4, 0.5) is 5.69 Å². The summed E-state index contributed by atoms with van der Waals surface area (Å²) in [6.45, 7) is 1.60. The lowest BCUT2D eigenvalue weighted by molar-refractivity contribution is 0.0436. The van der Waals surface area contributed by atoms with Crippen molar-refractivity contribution >= 4 is 17.3 Å². The molecule has 1 heterocycles. The molecule has 0 spiro atoms. The molecule has 1 saturated heterocycles. The van der Waals surface area contributed by atoms with Gasteiger partial charge in [0.2, 0.25) is 0 Å². The van der Waals surface area contributed by atoms with Crippen molar-refractivity contribution in [2.45, 2.75) is 25.4 Å². The van der Waals surface area contributed by atoms with E-state index in [2.05, 4.69) is 0 Å². The van der Waals surface area contributed by atoms with Gasteiger partial charge in [0.1, 0.15) is 0 Å². The first-order valence-corrected chi connectivity index (χ1v) is 6.35. The van der Waals surface area contributed by atoms with E-state index in [1.54, 1.807) is 12.1 Å². The van der Waals surface area contributed by atoms with Crippen LogP contribution in [-0.2, 0) is 4.74 Å². The Hall–Kier alpha value is -0.770. The van der Waals surface area contributed by atoms with Gasteiger partial charge in [-0.3, -0.25) is 0 Å². The van der Waals surface area contributed by atoms with E-state index in [0.717, 1.165) is 38.0 Å². The lowest BCUT2D eigenvalue weighted by Crippen LogP contribution is -2.18. The Kier molecular flexibility index (Phi) is 4.26. The number of anilines is 1. The third-order valence-corrected chi connectivity index (χ3v) is 3.54. The van der Waals surface area contributed by atoms with Gasteiger partial charge in [-0.05, 0) is 37.3 Å². The summed E-state index contributed by atoms with van der Waals surface area (Å²) in [5, 5.41) is 10.8. The molecule has 1 unspecified atom stereocenters. The fraction of sp³-hybridized carbons (Fsp3) is 0.538. The Morgan fingerprint density at radius 2 is 2.12 bits per heavy atom. The van der Waals surface area contributed by atoms with Crippen LogP contribution in [0.5, 0.6) is 0 Å². The molecule has 1 aromatic rings. The predicted octanol–water partition coefficient (Wildman–Crippen LogP) is 2.77. The predicted molar refractivity (Wildman–Crippen MR) is 69.0 cm³/mol. The normalized spacial score (nSPS) is 19.2. The number of ether oxygens (including phenoxy) is 1. The summed E-state index contributed by atoms with van der Waals surface area (Å²) in [4.78, 5) is 0. The van der Waals surface area contributed by atoms with E-state index < -0.39 is 6.10 Å². The molecular formula is C13H18ClNO2. The number of rotatable bonds is 3. The topological polar surface area (TPSA) is 55.5 Å². The second-order valence-corrected chi connectivity index (χ2v) is 5.02. The number of aliphatic hydroxyl groups excluding tert-OH is 1. The second kappa shape index (κ2) is 5.71. The van der Waals surface area contributed by atoms with Crippen molar-refractivity contribution in [2.75, 3.05) is 18.9 Å². The molecule has 94 valence electrons. The van der Waals surface area contributed by atoms with Crippen molar-refractivity contribution in [3.8, 4) is 0 Å². The van der Waals surface area contributed by atoms with E-state index in [1.807, 2.05) is 6.07 Å². The fourth-order valence-electron chi connectivity index (χ4n) is 2.27. The molecule has 1 aromatic carbocycles.